The van der Waals surface area contributed by atoms with Gasteiger partial charge < -0.3 is 82.7 Å². The van der Waals surface area contributed by atoms with E-state index in [-0.39, 0.29) is 73.9 Å². The zero-order valence-electron chi connectivity index (χ0n) is 50.2. The zero-order valence-corrected chi connectivity index (χ0v) is 50.2. The van der Waals surface area contributed by atoms with Gasteiger partial charge in [-0.3, -0.25) is 14.4 Å². The predicted octanol–water partition coefficient (Wildman–Crippen LogP) is 4.19. The van der Waals surface area contributed by atoms with E-state index in [1.807, 2.05) is 67.6 Å². The fourth-order valence-corrected chi connectivity index (χ4v) is 12.2. The molecule has 0 bridgehead atoms. The van der Waals surface area contributed by atoms with Crippen molar-refractivity contribution < 1.29 is 77.4 Å². The molecule has 0 spiro atoms. The number of carbonyl (C=O) groups excluding carboxylic acids is 2. The predicted molar refractivity (Wildman–Crippen MR) is 299 cm³/mol. The number of cyclic esters (lactones) is 1. The van der Waals surface area contributed by atoms with Crippen LogP contribution in [0.5, 0.6) is 0 Å². The van der Waals surface area contributed by atoms with Crippen LogP contribution >= 0.6 is 0 Å². The maximum atomic E-state index is 14.7. The molecule has 80 heavy (non-hydrogen) atoms. The highest BCUT2D eigenvalue weighted by molar-refractivity contribution is 5.93. The standard InChI is InChI=1S/C59H94N4O17/c1-17-45-59(11,71)52(72-15)38(7)62(14)32-34(3)30-57(9,70)51(80-56-49(66)44(61(12)13)28-35(4)75-56)36(5)50(37(6)55(69)77-45)79-47-31-58(10,73-16)53(39(8)76-47)78-46(64)23-24-60-25-27-74-26-19-20-40-21-22-43-41(29-40)48(65)42(54(67)68)33-63(43)18-2/h21-22,29,33-39,44-45,47,49-53,56,60,66,70-71H,17-18,23-28,30-32H2,1-16H3,(H,67,68)/t34-,35-,36+,37-,38-,39+,44+,45-,47?,49-,50+,51-,52-,53+,56?,57-,58-,59-/m1/s1. The summed E-state index contributed by atoms with van der Waals surface area (Å²) in [6.07, 6.45) is -6.77. The summed E-state index contributed by atoms with van der Waals surface area (Å²) in [7, 11) is 8.72. The third-order valence-electron chi connectivity index (χ3n) is 16.6. The number of aryl methyl sites for hydroxylation is 1. The highest BCUT2D eigenvalue weighted by atomic mass is 16.7. The molecule has 0 amide bonds. The fourth-order valence-electron chi connectivity index (χ4n) is 12.2. The number of aliphatic hydroxyl groups is 3. The lowest BCUT2D eigenvalue weighted by molar-refractivity contribution is -0.318. The molecule has 5 rings (SSSR count). The number of rotatable bonds is 18. The summed E-state index contributed by atoms with van der Waals surface area (Å²) in [5, 5.41) is 49.8. The Bertz CT molecular complexity index is 2490. The number of benzene rings is 1. The molecule has 0 saturated carbocycles. The number of hydrogen-bond acceptors (Lipinski definition) is 19. The summed E-state index contributed by atoms with van der Waals surface area (Å²) in [6, 6.07) is 4.43. The maximum Gasteiger partial charge on any atom is 0.341 e. The van der Waals surface area contributed by atoms with Crippen molar-refractivity contribution in [1.29, 1.82) is 0 Å². The number of fused-ring (bicyclic) bond motifs is 1. The molecule has 1 aromatic heterocycles. The summed E-state index contributed by atoms with van der Waals surface area (Å²) in [6.45, 7) is 22.0. The molecule has 0 aliphatic carbocycles. The number of aromatic nitrogens is 1. The molecule has 21 heteroatoms. The van der Waals surface area contributed by atoms with Crippen molar-refractivity contribution in [2.45, 2.75) is 205 Å². The van der Waals surface area contributed by atoms with E-state index in [0.717, 1.165) is 0 Å². The SMILES string of the molecule is CC[C@H]1OC(=O)[C@H](C)[C@@H](OC2C[C@@](C)(OC)[C@@H](OC(=O)CCNCCOCC#Cc3ccc4c(c3)c(=O)c(C(=O)O)cn4CC)[C@H](C)O2)[C@H](C)[C@@H](OC2O[C@H](C)C[C@H](N(C)C)[C@H]2O)[C@](C)(O)C[C@@H](C)CN(C)[C@H](C)[C@@H](OC)[C@]1(C)O. The van der Waals surface area contributed by atoms with Gasteiger partial charge >= 0.3 is 17.9 Å². The Morgan fingerprint density at radius 3 is 2.27 bits per heavy atom. The van der Waals surface area contributed by atoms with E-state index in [1.165, 1.54) is 20.4 Å². The normalized spacial score (nSPS) is 36.1. The lowest BCUT2D eigenvalue weighted by atomic mass is 9.77. The third kappa shape index (κ3) is 16.1. The van der Waals surface area contributed by atoms with Crippen LogP contribution in [-0.4, -0.2) is 211 Å². The van der Waals surface area contributed by atoms with Gasteiger partial charge in [0.15, 0.2) is 18.7 Å². The molecule has 3 aliphatic heterocycles. The minimum Gasteiger partial charge on any atom is -0.477 e. The molecule has 3 aliphatic rings. The number of aliphatic hydroxyl groups excluding tert-OH is 1. The van der Waals surface area contributed by atoms with E-state index >= 15 is 0 Å². The molecular weight excluding hydrogens is 1040 g/mol. The van der Waals surface area contributed by atoms with Gasteiger partial charge in [0.1, 0.15) is 41.7 Å². The summed E-state index contributed by atoms with van der Waals surface area (Å²) in [4.78, 5) is 56.6. The van der Waals surface area contributed by atoms with Crippen molar-refractivity contribution in [3.63, 3.8) is 0 Å². The van der Waals surface area contributed by atoms with Gasteiger partial charge in [-0.2, -0.15) is 0 Å². The average Bonchev–Trinajstić information content (AvgIpc) is 3.41. The molecular formula is C59H94N4O17. The van der Waals surface area contributed by atoms with E-state index in [4.69, 9.17) is 42.6 Å². The largest absolute Gasteiger partial charge is 0.477 e. The van der Waals surface area contributed by atoms with Crippen LogP contribution in [0.1, 0.15) is 124 Å². The van der Waals surface area contributed by atoms with Crippen molar-refractivity contribution in [2.75, 3.05) is 68.2 Å². The van der Waals surface area contributed by atoms with Crippen LogP contribution in [0.3, 0.4) is 0 Å². The number of aromatic carboxylic acids is 1. The number of esters is 2. The average molecular weight is 1130 g/mol. The van der Waals surface area contributed by atoms with Crippen molar-refractivity contribution in [3.05, 3.63) is 45.7 Å². The highest BCUT2D eigenvalue weighted by Crippen LogP contribution is 2.41. The van der Waals surface area contributed by atoms with Crippen molar-refractivity contribution in [3.8, 4) is 11.8 Å². The lowest BCUT2D eigenvalue weighted by Gasteiger charge is -2.49. The van der Waals surface area contributed by atoms with Gasteiger partial charge in [0.25, 0.3) is 0 Å². The maximum absolute atomic E-state index is 14.7. The van der Waals surface area contributed by atoms with Crippen LogP contribution in [0.2, 0.25) is 0 Å². The van der Waals surface area contributed by atoms with Gasteiger partial charge in [-0.1, -0.05) is 32.6 Å². The van der Waals surface area contributed by atoms with Crippen molar-refractivity contribution in [2.24, 2.45) is 17.8 Å². The zero-order chi connectivity index (χ0) is 59.6. The molecule has 2 aromatic rings. The van der Waals surface area contributed by atoms with E-state index in [9.17, 15) is 39.6 Å². The Morgan fingerprint density at radius 2 is 1.65 bits per heavy atom. The second-order valence-corrected chi connectivity index (χ2v) is 23.4. The van der Waals surface area contributed by atoms with Crippen LogP contribution in [0.4, 0.5) is 0 Å². The van der Waals surface area contributed by atoms with Gasteiger partial charge in [-0.05, 0) is 120 Å². The summed E-state index contributed by atoms with van der Waals surface area (Å²) < 4.78 is 58.4. The Balaban J connectivity index is 1.30. The van der Waals surface area contributed by atoms with Crippen LogP contribution < -0.4 is 10.7 Å². The molecule has 18 atom stereocenters. The Labute approximate surface area is 473 Å². The molecule has 3 saturated heterocycles. The first-order valence-electron chi connectivity index (χ1n) is 28.3. The second kappa shape index (κ2) is 28.9. The van der Waals surface area contributed by atoms with Gasteiger partial charge in [-0.25, -0.2) is 4.79 Å². The molecule has 5 N–H and O–H groups in total. The van der Waals surface area contributed by atoms with Gasteiger partial charge in [0, 0.05) is 82.0 Å². The van der Waals surface area contributed by atoms with E-state index in [0.29, 0.717) is 43.7 Å². The molecule has 3 fully saturated rings. The van der Waals surface area contributed by atoms with E-state index in [1.54, 1.807) is 57.4 Å². The first kappa shape index (κ1) is 66.7. The smallest absolute Gasteiger partial charge is 0.341 e. The van der Waals surface area contributed by atoms with E-state index in [2.05, 4.69) is 22.1 Å². The summed E-state index contributed by atoms with van der Waals surface area (Å²) in [5.41, 5.74) is -4.09. The minimum atomic E-state index is -1.63. The Hall–Kier alpha value is -4.12. The molecule has 4 heterocycles. The number of likely N-dealkylation sites (N-methyl/N-ethyl adjacent to an activating group) is 2. The fraction of sp³-hybridized carbons (Fsp3) is 0.763. The number of nitrogens with one attached hydrogen (secondary N) is 1. The second-order valence-electron chi connectivity index (χ2n) is 23.4. The number of nitrogens with zero attached hydrogens (tertiary/aromatic N) is 3. The molecule has 452 valence electrons. The number of carboxylic acids is 1. The Morgan fingerprint density at radius 1 is 0.950 bits per heavy atom. The van der Waals surface area contributed by atoms with Crippen LogP contribution in [0.25, 0.3) is 10.9 Å². The van der Waals surface area contributed by atoms with Gasteiger partial charge in [-0.15, -0.1) is 0 Å². The van der Waals surface area contributed by atoms with Crippen LogP contribution in [0.15, 0.2) is 29.2 Å². The highest BCUT2D eigenvalue weighted by Gasteiger charge is 2.54. The number of carboxylic acid groups (broad SMARTS) is 1. The van der Waals surface area contributed by atoms with Crippen LogP contribution in [-0.2, 0) is 58.8 Å². The minimum absolute atomic E-state index is 0.0205. The molecule has 1 aromatic carbocycles. The molecule has 2 unspecified atom stereocenters. The topological polar surface area (TPSA) is 256 Å². The number of carbonyl (C=O) groups is 3. The first-order chi connectivity index (χ1) is 37.5. The molecule has 21 nitrogen and oxygen atoms in total. The first-order valence-corrected chi connectivity index (χ1v) is 28.3. The number of ether oxygens (including phenoxy) is 9. The monoisotopic (exact) mass is 1130 g/mol. The number of methoxy groups -OCH3 is 2. The quantitative estimate of drug-likeness (QED) is 0.0797. The van der Waals surface area contributed by atoms with Gasteiger partial charge in [0.05, 0.1) is 54.5 Å². The third-order valence-corrected chi connectivity index (χ3v) is 16.6. The van der Waals surface area contributed by atoms with Gasteiger partial charge in [0.2, 0.25) is 5.43 Å². The van der Waals surface area contributed by atoms with Crippen molar-refractivity contribution >= 4 is 28.8 Å². The summed E-state index contributed by atoms with van der Waals surface area (Å²) >= 11 is 0. The van der Waals surface area contributed by atoms with Crippen molar-refractivity contribution in [1.82, 2.24) is 19.7 Å². The Kier molecular flexibility index (Phi) is 24.1. The lowest BCUT2D eigenvalue weighted by Crippen LogP contribution is -2.61. The van der Waals surface area contributed by atoms with E-state index < -0.39 is 107 Å². The molecule has 0 radical (unpaired) electrons. The van der Waals surface area contributed by atoms with Crippen LogP contribution in [0, 0.1) is 29.6 Å². The number of hydrogen-bond donors (Lipinski definition) is 5. The number of pyridine rings is 1. The summed E-state index contributed by atoms with van der Waals surface area (Å²) in [5.74, 6) is 1.40.